The van der Waals surface area contributed by atoms with Crippen molar-refractivity contribution in [3.05, 3.63) is 58.0 Å². The summed E-state index contributed by atoms with van der Waals surface area (Å²) in [6.07, 6.45) is 0. The van der Waals surface area contributed by atoms with Gasteiger partial charge in [0, 0.05) is 11.3 Å². The molecule has 3 aromatic rings. The summed E-state index contributed by atoms with van der Waals surface area (Å²) in [6, 6.07) is 11.1. The van der Waals surface area contributed by atoms with Gasteiger partial charge in [-0.25, -0.2) is 4.98 Å². The van der Waals surface area contributed by atoms with E-state index in [4.69, 9.17) is 15.2 Å². The van der Waals surface area contributed by atoms with E-state index < -0.39 is 0 Å². The molecule has 0 fully saturated rings. The minimum Gasteiger partial charge on any atom is -0.493 e. The number of ether oxygens (including phenoxy) is 2. The number of benzene rings is 2. The van der Waals surface area contributed by atoms with Crippen molar-refractivity contribution in [2.45, 2.75) is 13.8 Å². The first kappa shape index (κ1) is 18.7. The quantitative estimate of drug-likeness (QED) is 0.616. The third-order valence-electron chi connectivity index (χ3n) is 4.14. The predicted octanol–water partition coefficient (Wildman–Crippen LogP) is 4.33. The number of nitrogen functional groups attached to an aromatic ring is 1. The highest BCUT2D eigenvalue weighted by atomic mass is 32.1. The number of rotatable bonds is 6. The number of nitrogens with zero attached hydrogens (tertiary/aromatic N) is 1. The number of aryl methyl sites for hydroxylation is 2. The molecule has 7 heteroatoms. The Labute approximate surface area is 162 Å². The normalized spacial score (nSPS) is 10.5. The van der Waals surface area contributed by atoms with Crippen LogP contribution in [0.2, 0.25) is 0 Å². The topological polar surface area (TPSA) is 86.5 Å². The SMILES string of the molecule is COc1ccc(C(=O)c2sc(Nc3cc(C)ccc3C)nc2N)cc1OC. The molecular weight excluding hydrogens is 362 g/mol. The van der Waals surface area contributed by atoms with E-state index in [1.165, 1.54) is 18.4 Å². The van der Waals surface area contributed by atoms with Crippen LogP contribution in [-0.4, -0.2) is 25.0 Å². The van der Waals surface area contributed by atoms with Crippen molar-refractivity contribution in [1.82, 2.24) is 4.98 Å². The second kappa shape index (κ2) is 7.67. The summed E-state index contributed by atoms with van der Waals surface area (Å²) in [5.41, 5.74) is 9.63. The Morgan fingerprint density at radius 3 is 2.52 bits per heavy atom. The van der Waals surface area contributed by atoms with Crippen molar-refractivity contribution in [3.8, 4) is 11.5 Å². The zero-order valence-corrected chi connectivity index (χ0v) is 16.4. The van der Waals surface area contributed by atoms with Gasteiger partial charge >= 0.3 is 0 Å². The fraction of sp³-hybridized carbons (Fsp3) is 0.200. The molecule has 27 heavy (non-hydrogen) atoms. The van der Waals surface area contributed by atoms with Gasteiger partial charge in [-0.15, -0.1) is 0 Å². The van der Waals surface area contributed by atoms with E-state index in [2.05, 4.69) is 10.3 Å². The molecule has 0 atom stereocenters. The average Bonchev–Trinajstić information content (AvgIpc) is 3.03. The molecule has 0 spiro atoms. The number of nitrogens with two attached hydrogens (primary N) is 1. The van der Waals surface area contributed by atoms with Crippen molar-refractivity contribution in [2.75, 3.05) is 25.3 Å². The lowest BCUT2D eigenvalue weighted by molar-refractivity contribution is 0.104. The highest BCUT2D eigenvalue weighted by molar-refractivity contribution is 7.18. The fourth-order valence-electron chi connectivity index (χ4n) is 2.64. The van der Waals surface area contributed by atoms with Crippen LogP contribution < -0.4 is 20.5 Å². The van der Waals surface area contributed by atoms with Gasteiger partial charge in [-0.1, -0.05) is 23.5 Å². The number of carbonyl (C=O) groups is 1. The lowest BCUT2D eigenvalue weighted by Gasteiger charge is -2.08. The number of anilines is 3. The summed E-state index contributed by atoms with van der Waals surface area (Å²) in [7, 11) is 3.07. The summed E-state index contributed by atoms with van der Waals surface area (Å²) >= 11 is 1.23. The number of methoxy groups -OCH3 is 2. The van der Waals surface area contributed by atoms with Crippen LogP contribution in [0.25, 0.3) is 0 Å². The maximum Gasteiger partial charge on any atom is 0.206 e. The van der Waals surface area contributed by atoms with E-state index in [1.807, 2.05) is 32.0 Å². The van der Waals surface area contributed by atoms with Crippen LogP contribution in [0.5, 0.6) is 11.5 Å². The van der Waals surface area contributed by atoms with Gasteiger partial charge < -0.3 is 20.5 Å². The van der Waals surface area contributed by atoms with Crippen molar-refractivity contribution in [3.63, 3.8) is 0 Å². The van der Waals surface area contributed by atoms with E-state index in [9.17, 15) is 4.79 Å². The minimum absolute atomic E-state index is 0.201. The van der Waals surface area contributed by atoms with Crippen molar-refractivity contribution in [2.24, 2.45) is 0 Å². The van der Waals surface area contributed by atoms with E-state index in [0.717, 1.165) is 16.8 Å². The minimum atomic E-state index is -0.208. The van der Waals surface area contributed by atoms with Gasteiger partial charge in [0.05, 0.1) is 14.2 Å². The first-order valence-corrected chi connectivity index (χ1v) is 9.12. The molecule has 0 amide bonds. The Hall–Kier alpha value is -3.06. The van der Waals surface area contributed by atoms with Crippen LogP contribution in [0.15, 0.2) is 36.4 Å². The Morgan fingerprint density at radius 1 is 1.07 bits per heavy atom. The standard InChI is InChI=1S/C20H21N3O3S/c1-11-5-6-12(2)14(9-11)22-20-23-19(21)18(27-20)17(24)13-7-8-15(25-3)16(10-13)26-4/h5-10H,21H2,1-4H3,(H,22,23). The molecular formula is C20H21N3O3S. The lowest BCUT2D eigenvalue weighted by Crippen LogP contribution is -2.03. The van der Waals surface area contributed by atoms with Crippen LogP contribution in [0.1, 0.15) is 26.4 Å². The van der Waals surface area contributed by atoms with E-state index in [0.29, 0.717) is 27.1 Å². The summed E-state index contributed by atoms with van der Waals surface area (Å²) in [5, 5.41) is 3.83. The zero-order valence-electron chi connectivity index (χ0n) is 15.6. The summed E-state index contributed by atoms with van der Waals surface area (Å²) in [4.78, 5) is 17.6. The molecule has 0 bridgehead atoms. The molecule has 0 saturated heterocycles. The number of nitrogens with one attached hydrogen (secondary N) is 1. The monoisotopic (exact) mass is 383 g/mol. The highest BCUT2D eigenvalue weighted by Gasteiger charge is 2.20. The molecule has 0 aliphatic rings. The predicted molar refractivity (Wildman–Crippen MR) is 109 cm³/mol. The van der Waals surface area contributed by atoms with Gasteiger partial charge in [0.2, 0.25) is 5.78 Å². The maximum absolute atomic E-state index is 12.9. The smallest absolute Gasteiger partial charge is 0.206 e. The second-order valence-electron chi connectivity index (χ2n) is 6.08. The molecule has 6 nitrogen and oxygen atoms in total. The molecule has 2 aromatic carbocycles. The first-order valence-electron chi connectivity index (χ1n) is 8.30. The first-order chi connectivity index (χ1) is 12.9. The van der Waals surface area contributed by atoms with Crippen LogP contribution in [-0.2, 0) is 0 Å². The van der Waals surface area contributed by atoms with Crippen LogP contribution in [0, 0.1) is 13.8 Å². The van der Waals surface area contributed by atoms with Crippen LogP contribution in [0.4, 0.5) is 16.6 Å². The van der Waals surface area contributed by atoms with Gasteiger partial charge in [0.15, 0.2) is 16.6 Å². The maximum atomic E-state index is 12.9. The van der Waals surface area contributed by atoms with Gasteiger partial charge in [-0.3, -0.25) is 4.79 Å². The largest absolute Gasteiger partial charge is 0.493 e. The van der Waals surface area contributed by atoms with Crippen molar-refractivity contribution >= 4 is 33.8 Å². The Morgan fingerprint density at radius 2 is 1.81 bits per heavy atom. The number of hydrogen-bond donors (Lipinski definition) is 2. The molecule has 0 aliphatic carbocycles. The average molecular weight is 383 g/mol. The summed E-state index contributed by atoms with van der Waals surface area (Å²) in [6.45, 7) is 4.03. The molecule has 3 N–H and O–H groups in total. The second-order valence-corrected chi connectivity index (χ2v) is 7.07. The summed E-state index contributed by atoms with van der Waals surface area (Å²) in [5.74, 6) is 1.04. The third-order valence-corrected chi connectivity index (χ3v) is 5.13. The van der Waals surface area contributed by atoms with Gasteiger partial charge in [0.25, 0.3) is 0 Å². The van der Waals surface area contributed by atoms with Crippen molar-refractivity contribution in [1.29, 1.82) is 0 Å². The Kier molecular flexibility index (Phi) is 5.32. The van der Waals surface area contributed by atoms with E-state index >= 15 is 0 Å². The molecule has 0 saturated carbocycles. The van der Waals surface area contributed by atoms with Gasteiger partial charge in [-0.2, -0.15) is 0 Å². The van der Waals surface area contributed by atoms with Crippen molar-refractivity contribution < 1.29 is 14.3 Å². The third kappa shape index (κ3) is 3.88. The van der Waals surface area contributed by atoms with E-state index in [-0.39, 0.29) is 11.6 Å². The number of thiazole rings is 1. The van der Waals surface area contributed by atoms with Gasteiger partial charge in [-0.05, 0) is 49.2 Å². The van der Waals surface area contributed by atoms with Crippen LogP contribution in [0.3, 0.4) is 0 Å². The molecule has 0 unspecified atom stereocenters. The molecule has 3 rings (SSSR count). The number of hydrogen-bond acceptors (Lipinski definition) is 7. The molecule has 0 aliphatic heterocycles. The van der Waals surface area contributed by atoms with Gasteiger partial charge in [0.1, 0.15) is 10.7 Å². The molecule has 1 aromatic heterocycles. The zero-order chi connectivity index (χ0) is 19.6. The number of carbonyl (C=O) groups excluding carboxylic acids is 1. The Balaban J connectivity index is 1.90. The highest BCUT2D eigenvalue weighted by Crippen LogP contribution is 2.33. The molecule has 140 valence electrons. The van der Waals surface area contributed by atoms with E-state index in [1.54, 1.807) is 25.3 Å². The molecule has 0 radical (unpaired) electrons. The number of aromatic nitrogens is 1. The fourth-order valence-corrected chi connectivity index (χ4v) is 3.50. The van der Waals surface area contributed by atoms with Crippen LogP contribution >= 0.6 is 11.3 Å². The molecule has 1 heterocycles. The summed E-state index contributed by atoms with van der Waals surface area (Å²) < 4.78 is 10.5. The lowest BCUT2D eigenvalue weighted by atomic mass is 10.1. The Bertz CT molecular complexity index is 998. The number of ketones is 1.